The molecule has 20 heavy (non-hydrogen) atoms. The third-order valence-electron chi connectivity index (χ3n) is 3.18. The second-order valence-electron chi connectivity index (χ2n) is 4.58. The average Bonchev–Trinajstić information content (AvgIpc) is 2.97. The van der Waals surface area contributed by atoms with Crippen molar-refractivity contribution in [2.75, 3.05) is 13.2 Å². The van der Waals surface area contributed by atoms with Crippen molar-refractivity contribution >= 4 is 23.2 Å². The van der Waals surface area contributed by atoms with E-state index in [2.05, 4.69) is 4.57 Å². The highest BCUT2D eigenvalue weighted by molar-refractivity contribution is 6.42. The molecular formula is C15H14Cl2NO2+. The van der Waals surface area contributed by atoms with E-state index < -0.39 is 0 Å². The number of nitrogens with zero attached hydrogens (tertiary/aromatic N) is 1. The van der Waals surface area contributed by atoms with E-state index in [1.165, 1.54) is 0 Å². The molecule has 3 rings (SSSR count). The standard InChI is InChI=1S/C15H14Cl2NO2/c16-12-5-4-11(9-13(12)17)10-18-6-2-1-3-14(18)15-19-7-8-20-15/h1-6,9,15H,7-8,10H2/q+1. The van der Waals surface area contributed by atoms with E-state index in [0.717, 1.165) is 11.3 Å². The van der Waals surface area contributed by atoms with E-state index in [1.54, 1.807) is 0 Å². The predicted molar refractivity (Wildman–Crippen MR) is 76.8 cm³/mol. The molecule has 0 saturated carbocycles. The van der Waals surface area contributed by atoms with Gasteiger partial charge in [-0.2, -0.15) is 4.57 Å². The highest BCUT2D eigenvalue weighted by Gasteiger charge is 2.27. The lowest BCUT2D eigenvalue weighted by Crippen LogP contribution is -2.40. The highest BCUT2D eigenvalue weighted by atomic mass is 35.5. The minimum atomic E-state index is -0.293. The van der Waals surface area contributed by atoms with Crippen molar-refractivity contribution in [3.05, 3.63) is 63.9 Å². The van der Waals surface area contributed by atoms with Crippen LogP contribution in [0.2, 0.25) is 10.0 Å². The van der Waals surface area contributed by atoms with Crippen molar-refractivity contribution in [1.82, 2.24) is 0 Å². The van der Waals surface area contributed by atoms with E-state index in [1.807, 2.05) is 42.6 Å². The lowest BCUT2D eigenvalue weighted by Gasteiger charge is -2.09. The summed E-state index contributed by atoms with van der Waals surface area (Å²) >= 11 is 12.0. The number of hydrogen-bond donors (Lipinski definition) is 0. The first-order valence-corrected chi connectivity index (χ1v) is 7.15. The van der Waals surface area contributed by atoms with Crippen LogP contribution < -0.4 is 4.57 Å². The van der Waals surface area contributed by atoms with E-state index in [0.29, 0.717) is 29.8 Å². The Balaban J connectivity index is 1.88. The van der Waals surface area contributed by atoms with Gasteiger partial charge in [0, 0.05) is 17.7 Å². The molecule has 0 radical (unpaired) electrons. The lowest BCUT2D eigenvalue weighted by molar-refractivity contribution is -0.701. The first kappa shape index (κ1) is 13.8. The molecule has 104 valence electrons. The molecular weight excluding hydrogens is 297 g/mol. The van der Waals surface area contributed by atoms with Crippen molar-refractivity contribution in [2.45, 2.75) is 12.8 Å². The summed E-state index contributed by atoms with van der Waals surface area (Å²) in [6, 6.07) is 11.6. The Labute approximate surface area is 127 Å². The number of benzene rings is 1. The van der Waals surface area contributed by atoms with Crippen molar-refractivity contribution in [2.24, 2.45) is 0 Å². The molecule has 5 heteroatoms. The molecule has 3 nitrogen and oxygen atoms in total. The van der Waals surface area contributed by atoms with Gasteiger partial charge < -0.3 is 9.47 Å². The van der Waals surface area contributed by atoms with Crippen LogP contribution in [-0.4, -0.2) is 13.2 Å². The summed E-state index contributed by atoms with van der Waals surface area (Å²) in [5.74, 6) is 0. The molecule has 1 aromatic heterocycles. The Hall–Kier alpha value is -1.13. The van der Waals surface area contributed by atoms with Crippen LogP contribution in [0.5, 0.6) is 0 Å². The SMILES string of the molecule is Clc1ccc(C[n+]2ccccc2C2OCCO2)cc1Cl. The van der Waals surface area contributed by atoms with E-state index >= 15 is 0 Å². The molecule has 0 aliphatic carbocycles. The summed E-state index contributed by atoms with van der Waals surface area (Å²) in [7, 11) is 0. The Bertz CT molecular complexity index is 613. The van der Waals surface area contributed by atoms with Crippen molar-refractivity contribution in [3.63, 3.8) is 0 Å². The molecule has 1 aliphatic heterocycles. The molecule has 0 N–H and O–H groups in total. The van der Waals surface area contributed by atoms with Crippen LogP contribution in [0.15, 0.2) is 42.6 Å². The van der Waals surface area contributed by atoms with Gasteiger partial charge in [0.15, 0.2) is 12.7 Å². The fraction of sp³-hybridized carbons (Fsp3) is 0.267. The molecule has 0 bridgehead atoms. The third kappa shape index (κ3) is 2.96. The number of hydrogen-bond acceptors (Lipinski definition) is 2. The monoisotopic (exact) mass is 310 g/mol. The minimum absolute atomic E-state index is 0.293. The zero-order chi connectivity index (χ0) is 13.9. The number of rotatable bonds is 3. The van der Waals surface area contributed by atoms with Gasteiger partial charge in [-0.25, -0.2) is 0 Å². The molecule has 2 heterocycles. The molecule has 0 amide bonds. The van der Waals surface area contributed by atoms with E-state index in [-0.39, 0.29) is 6.29 Å². The first-order chi connectivity index (χ1) is 9.74. The van der Waals surface area contributed by atoms with Crippen LogP contribution in [-0.2, 0) is 16.0 Å². The zero-order valence-electron chi connectivity index (χ0n) is 10.8. The molecule has 0 unspecified atom stereocenters. The smallest absolute Gasteiger partial charge is 0.245 e. The van der Waals surface area contributed by atoms with Gasteiger partial charge in [0.2, 0.25) is 12.0 Å². The zero-order valence-corrected chi connectivity index (χ0v) is 12.3. The number of aromatic nitrogens is 1. The van der Waals surface area contributed by atoms with Crippen molar-refractivity contribution in [1.29, 1.82) is 0 Å². The Kier molecular flexibility index (Phi) is 4.22. The van der Waals surface area contributed by atoms with Gasteiger partial charge >= 0.3 is 0 Å². The Morgan fingerprint density at radius 1 is 1.05 bits per heavy atom. The fourth-order valence-electron chi connectivity index (χ4n) is 2.21. The van der Waals surface area contributed by atoms with Crippen LogP contribution in [0.1, 0.15) is 17.5 Å². The predicted octanol–water partition coefficient (Wildman–Crippen LogP) is 3.37. The summed E-state index contributed by atoms with van der Waals surface area (Å²) < 4.78 is 13.2. The maximum Gasteiger partial charge on any atom is 0.245 e. The third-order valence-corrected chi connectivity index (χ3v) is 3.91. The van der Waals surface area contributed by atoms with Crippen LogP contribution in [0, 0.1) is 0 Å². The molecule has 1 fully saturated rings. The molecule has 1 aliphatic rings. The Morgan fingerprint density at radius 2 is 1.85 bits per heavy atom. The summed E-state index contributed by atoms with van der Waals surface area (Å²) in [5, 5.41) is 1.13. The summed E-state index contributed by atoms with van der Waals surface area (Å²) in [6.45, 7) is 1.95. The number of ether oxygens (including phenoxy) is 2. The van der Waals surface area contributed by atoms with Crippen LogP contribution in [0.4, 0.5) is 0 Å². The van der Waals surface area contributed by atoms with Crippen molar-refractivity contribution in [3.8, 4) is 0 Å². The van der Waals surface area contributed by atoms with E-state index in [9.17, 15) is 0 Å². The summed E-state index contributed by atoms with van der Waals surface area (Å²) in [6.07, 6.45) is 1.71. The lowest BCUT2D eigenvalue weighted by atomic mass is 10.2. The van der Waals surface area contributed by atoms with E-state index in [4.69, 9.17) is 32.7 Å². The van der Waals surface area contributed by atoms with Gasteiger partial charge in [-0.15, -0.1) is 0 Å². The van der Waals surface area contributed by atoms with Gasteiger partial charge in [0.25, 0.3) is 0 Å². The quantitative estimate of drug-likeness (QED) is 0.811. The maximum absolute atomic E-state index is 6.06. The molecule has 1 saturated heterocycles. The first-order valence-electron chi connectivity index (χ1n) is 6.39. The maximum atomic E-state index is 6.06. The van der Waals surface area contributed by atoms with Gasteiger partial charge in [-0.1, -0.05) is 29.3 Å². The number of halogens is 2. The van der Waals surface area contributed by atoms with Crippen LogP contribution in [0.25, 0.3) is 0 Å². The molecule has 2 aromatic rings. The minimum Gasteiger partial charge on any atom is -0.341 e. The molecule has 1 aromatic carbocycles. The second-order valence-corrected chi connectivity index (χ2v) is 5.39. The average molecular weight is 311 g/mol. The van der Waals surface area contributed by atoms with Gasteiger partial charge in [-0.05, 0) is 18.2 Å². The number of pyridine rings is 1. The largest absolute Gasteiger partial charge is 0.341 e. The molecule has 0 atom stereocenters. The fourth-order valence-corrected chi connectivity index (χ4v) is 2.53. The topological polar surface area (TPSA) is 22.3 Å². The van der Waals surface area contributed by atoms with Gasteiger partial charge in [0.1, 0.15) is 0 Å². The van der Waals surface area contributed by atoms with Crippen LogP contribution in [0.3, 0.4) is 0 Å². The summed E-state index contributed by atoms with van der Waals surface area (Å²) in [4.78, 5) is 0. The summed E-state index contributed by atoms with van der Waals surface area (Å²) in [5.41, 5.74) is 2.07. The second kappa shape index (κ2) is 6.10. The van der Waals surface area contributed by atoms with Crippen LogP contribution >= 0.6 is 23.2 Å². The molecule has 0 spiro atoms. The van der Waals surface area contributed by atoms with Gasteiger partial charge in [0.05, 0.1) is 23.3 Å². The highest BCUT2D eigenvalue weighted by Crippen LogP contribution is 2.23. The Morgan fingerprint density at radius 3 is 2.60 bits per heavy atom. The van der Waals surface area contributed by atoms with Gasteiger partial charge in [-0.3, -0.25) is 0 Å². The normalized spacial score (nSPS) is 15.7. The van der Waals surface area contributed by atoms with Crippen molar-refractivity contribution < 1.29 is 14.0 Å².